The first-order valence-corrected chi connectivity index (χ1v) is 3.64. The van der Waals surface area contributed by atoms with Crippen LogP contribution in [0.4, 0.5) is 0 Å². The molecule has 0 aliphatic rings. The van der Waals surface area contributed by atoms with Crippen LogP contribution in [0.2, 0.25) is 0 Å². The van der Waals surface area contributed by atoms with Gasteiger partial charge in [0.05, 0.1) is 18.1 Å². The third kappa shape index (κ3) is 4.42. The van der Waals surface area contributed by atoms with Gasteiger partial charge in [-0.3, -0.25) is 0 Å². The van der Waals surface area contributed by atoms with Crippen molar-refractivity contribution < 1.29 is 44.6 Å². The van der Waals surface area contributed by atoms with Crippen molar-refractivity contribution >= 4 is 5.97 Å². The van der Waals surface area contributed by atoms with Crippen LogP contribution < -0.4 is 40.0 Å². The van der Waals surface area contributed by atoms with Crippen molar-refractivity contribution in [2.24, 2.45) is 0 Å². The standard InChI is InChI=1S/C7H15NO3.Na/c1-3-7(2,6(10)11)8-4-5-9;/h8-9H,3-5H2,1-2H3,(H,10,11);/q;+1/p-1. The number of hydrogen-bond acceptors (Lipinski definition) is 4. The number of carboxylic acids is 1. The van der Waals surface area contributed by atoms with Crippen molar-refractivity contribution in [3.05, 3.63) is 0 Å². The molecule has 0 aliphatic heterocycles. The van der Waals surface area contributed by atoms with Gasteiger partial charge in [-0.05, 0) is 13.3 Å². The second kappa shape index (κ2) is 6.86. The number of carboxylic acid groups (broad SMARTS) is 1. The minimum atomic E-state index is -1.13. The predicted octanol–water partition coefficient (Wildman–Crippen LogP) is -4.51. The smallest absolute Gasteiger partial charge is 0.548 e. The summed E-state index contributed by atoms with van der Waals surface area (Å²) >= 11 is 0. The molecule has 0 fully saturated rings. The van der Waals surface area contributed by atoms with E-state index < -0.39 is 11.5 Å². The fourth-order valence-corrected chi connectivity index (χ4v) is 0.673. The Kier molecular flexibility index (Phi) is 8.51. The van der Waals surface area contributed by atoms with Crippen molar-refractivity contribution in [1.29, 1.82) is 0 Å². The molecule has 5 heteroatoms. The van der Waals surface area contributed by atoms with E-state index in [0.717, 1.165) is 0 Å². The molecule has 12 heavy (non-hydrogen) atoms. The molecule has 0 saturated heterocycles. The third-order valence-electron chi connectivity index (χ3n) is 1.78. The number of rotatable bonds is 5. The molecule has 1 atom stereocenters. The number of aliphatic hydroxyl groups excluding tert-OH is 1. The Balaban J connectivity index is 0. The summed E-state index contributed by atoms with van der Waals surface area (Å²) in [6.07, 6.45) is 0.440. The first-order valence-electron chi connectivity index (χ1n) is 3.64. The van der Waals surface area contributed by atoms with Gasteiger partial charge in [-0.25, -0.2) is 0 Å². The summed E-state index contributed by atoms with van der Waals surface area (Å²) in [5.74, 6) is -1.13. The number of aliphatic hydroxyl groups is 1. The van der Waals surface area contributed by atoms with Crippen LogP contribution >= 0.6 is 0 Å². The molecule has 0 aromatic rings. The molecule has 0 aliphatic carbocycles. The Morgan fingerprint density at radius 3 is 2.42 bits per heavy atom. The van der Waals surface area contributed by atoms with Gasteiger partial charge in [0.2, 0.25) is 0 Å². The fraction of sp³-hybridized carbons (Fsp3) is 0.857. The molecule has 1 unspecified atom stereocenters. The maximum absolute atomic E-state index is 10.5. The van der Waals surface area contributed by atoms with Crippen LogP contribution in [0.5, 0.6) is 0 Å². The van der Waals surface area contributed by atoms with Gasteiger partial charge in [-0.15, -0.1) is 0 Å². The summed E-state index contributed by atoms with van der Waals surface area (Å²) in [4.78, 5) is 10.5. The molecule has 66 valence electrons. The van der Waals surface area contributed by atoms with E-state index in [0.29, 0.717) is 6.42 Å². The average molecular weight is 183 g/mol. The molecule has 0 rings (SSSR count). The van der Waals surface area contributed by atoms with Gasteiger partial charge < -0.3 is 20.3 Å². The molecule has 2 N–H and O–H groups in total. The normalized spacial score (nSPS) is 14.6. The summed E-state index contributed by atoms with van der Waals surface area (Å²) in [6.45, 7) is 3.50. The van der Waals surface area contributed by atoms with Crippen molar-refractivity contribution in [1.82, 2.24) is 5.32 Å². The Morgan fingerprint density at radius 2 is 2.17 bits per heavy atom. The Morgan fingerprint density at radius 1 is 1.67 bits per heavy atom. The summed E-state index contributed by atoms with van der Waals surface area (Å²) in [7, 11) is 0. The van der Waals surface area contributed by atoms with Gasteiger partial charge in [0.25, 0.3) is 0 Å². The predicted molar refractivity (Wildman–Crippen MR) is 38.8 cm³/mol. The molecular formula is C7H14NNaO3. The quantitative estimate of drug-likeness (QED) is 0.421. The first-order chi connectivity index (χ1) is 5.06. The number of aliphatic carboxylic acids is 1. The van der Waals surface area contributed by atoms with Crippen LogP contribution in [-0.2, 0) is 4.79 Å². The van der Waals surface area contributed by atoms with Crippen molar-refractivity contribution in [2.75, 3.05) is 13.2 Å². The molecule has 0 saturated carbocycles. The van der Waals surface area contributed by atoms with Crippen LogP contribution in [0.15, 0.2) is 0 Å². The summed E-state index contributed by atoms with van der Waals surface area (Å²) in [6, 6.07) is 0. The van der Waals surface area contributed by atoms with Gasteiger partial charge in [0, 0.05) is 6.54 Å². The van der Waals surface area contributed by atoms with Gasteiger partial charge in [-0.2, -0.15) is 0 Å². The minimum absolute atomic E-state index is 0. The number of nitrogens with one attached hydrogen (secondary N) is 1. The molecule has 0 bridgehead atoms. The van der Waals surface area contributed by atoms with Crippen LogP contribution in [0.25, 0.3) is 0 Å². The van der Waals surface area contributed by atoms with Gasteiger partial charge >= 0.3 is 29.6 Å². The summed E-state index contributed by atoms with van der Waals surface area (Å²) in [5.41, 5.74) is -1.01. The van der Waals surface area contributed by atoms with E-state index in [1.807, 2.05) is 0 Å². The van der Waals surface area contributed by atoms with Crippen LogP contribution in [0, 0.1) is 0 Å². The number of β-amino-alcohol motifs (C(OH)–C–C–N with tert-alkyl or cyclic N) is 1. The van der Waals surface area contributed by atoms with Crippen molar-refractivity contribution in [2.45, 2.75) is 25.8 Å². The second-order valence-corrected chi connectivity index (χ2v) is 2.62. The van der Waals surface area contributed by atoms with E-state index in [9.17, 15) is 9.90 Å². The molecule has 0 aromatic heterocycles. The molecular weight excluding hydrogens is 169 g/mol. The van der Waals surface area contributed by atoms with Crippen LogP contribution in [-0.4, -0.2) is 29.8 Å². The van der Waals surface area contributed by atoms with E-state index >= 15 is 0 Å². The van der Waals surface area contributed by atoms with Crippen LogP contribution in [0.1, 0.15) is 20.3 Å². The van der Waals surface area contributed by atoms with Crippen molar-refractivity contribution in [3.63, 3.8) is 0 Å². The van der Waals surface area contributed by atoms with Crippen LogP contribution in [0.3, 0.4) is 0 Å². The Bertz CT molecular complexity index is 143. The number of hydrogen-bond donors (Lipinski definition) is 2. The van der Waals surface area contributed by atoms with Crippen molar-refractivity contribution in [3.8, 4) is 0 Å². The largest absolute Gasteiger partial charge is 1.00 e. The maximum Gasteiger partial charge on any atom is 1.00 e. The Labute approximate surface area is 94.6 Å². The topological polar surface area (TPSA) is 72.4 Å². The molecule has 0 aromatic carbocycles. The van der Waals surface area contributed by atoms with Gasteiger partial charge in [0.1, 0.15) is 0 Å². The third-order valence-corrected chi connectivity index (χ3v) is 1.78. The fourth-order valence-electron chi connectivity index (χ4n) is 0.673. The molecule has 0 spiro atoms. The maximum atomic E-state index is 10.5. The van der Waals surface area contributed by atoms with Gasteiger partial charge in [-0.1, -0.05) is 6.92 Å². The number of carbonyl (C=O) groups is 1. The van der Waals surface area contributed by atoms with E-state index in [-0.39, 0.29) is 42.7 Å². The minimum Gasteiger partial charge on any atom is -0.548 e. The second-order valence-electron chi connectivity index (χ2n) is 2.62. The summed E-state index contributed by atoms with van der Waals surface area (Å²) < 4.78 is 0. The molecule has 4 nitrogen and oxygen atoms in total. The molecule has 0 radical (unpaired) electrons. The van der Waals surface area contributed by atoms with E-state index in [1.165, 1.54) is 6.92 Å². The summed E-state index contributed by atoms with van der Waals surface area (Å²) in [5, 5.41) is 21.6. The van der Waals surface area contributed by atoms with E-state index in [2.05, 4.69) is 5.32 Å². The van der Waals surface area contributed by atoms with E-state index in [4.69, 9.17) is 5.11 Å². The zero-order chi connectivity index (χ0) is 8.91. The molecule has 0 amide bonds. The molecule has 0 heterocycles. The zero-order valence-electron chi connectivity index (χ0n) is 7.89. The van der Waals surface area contributed by atoms with Gasteiger partial charge in [0.15, 0.2) is 0 Å². The monoisotopic (exact) mass is 183 g/mol. The first kappa shape index (κ1) is 14.9. The Hall–Kier alpha value is 0.390. The SMILES string of the molecule is CCC(C)(NCCO)C(=O)[O-].[Na+]. The number of carbonyl (C=O) groups excluding carboxylic acids is 1. The zero-order valence-corrected chi connectivity index (χ0v) is 9.89. The van der Waals surface area contributed by atoms with E-state index in [1.54, 1.807) is 6.92 Å². The average Bonchev–Trinajstić information content (AvgIpc) is 2.00.